The number of allylic oxidation sites excluding steroid dienone is 5. The standard InChI is InChI=1S/C27H32N4O3/c1-17-5-8-21(29-26(34)31-11-3-4-22(31)16-32)13-23(17)19-9-10-27(2)14-24(28-15-20(27)12-19)30-25(33)18-6-7-18/h5,8-10,12-13,15,18,22,32H,3-4,6-7,11,14,16H2,1-2H3,(H,29,34)(H,28,30,33)/t22-,27?/m1/s1. The summed E-state index contributed by atoms with van der Waals surface area (Å²) in [6.45, 7) is 4.88. The van der Waals surface area contributed by atoms with Crippen molar-refractivity contribution in [2.24, 2.45) is 16.3 Å². The van der Waals surface area contributed by atoms with Gasteiger partial charge in [-0.15, -0.1) is 0 Å². The number of hydrogen-bond donors (Lipinski definition) is 3. The summed E-state index contributed by atoms with van der Waals surface area (Å²) < 4.78 is 0. The molecule has 0 radical (unpaired) electrons. The average molecular weight is 461 g/mol. The summed E-state index contributed by atoms with van der Waals surface area (Å²) in [5.41, 5.74) is 4.85. The number of aliphatic imine (C=N–C) groups is 1. The first-order valence-corrected chi connectivity index (χ1v) is 12.1. The fourth-order valence-corrected chi connectivity index (χ4v) is 4.97. The van der Waals surface area contributed by atoms with E-state index in [0.717, 1.165) is 59.5 Å². The molecule has 1 saturated heterocycles. The second-order valence-electron chi connectivity index (χ2n) is 10.1. The third-order valence-electron chi connectivity index (χ3n) is 7.36. The van der Waals surface area contributed by atoms with Crippen LogP contribution >= 0.6 is 0 Å². The number of amidine groups is 1. The summed E-state index contributed by atoms with van der Waals surface area (Å²) in [5, 5.41) is 15.5. The van der Waals surface area contributed by atoms with E-state index in [-0.39, 0.29) is 35.9 Å². The van der Waals surface area contributed by atoms with Crippen LogP contribution in [0.15, 0.2) is 53.2 Å². The van der Waals surface area contributed by atoms with Gasteiger partial charge in [0.05, 0.1) is 12.6 Å². The van der Waals surface area contributed by atoms with Crippen molar-refractivity contribution in [1.29, 1.82) is 0 Å². The lowest BCUT2D eigenvalue weighted by Crippen LogP contribution is -2.40. The van der Waals surface area contributed by atoms with E-state index in [4.69, 9.17) is 0 Å². The zero-order valence-corrected chi connectivity index (χ0v) is 19.8. The molecule has 0 spiro atoms. The Labute approximate surface area is 200 Å². The minimum absolute atomic E-state index is 0.00736. The molecule has 7 nitrogen and oxygen atoms in total. The first-order chi connectivity index (χ1) is 16.4. The zero-order chi connectivity index (χ0) is 23.9. The summed E-state index contributed by atoms with van der Waals surface area (Å²) in [6.07, 6.45) is 12.7. The largest absolute Gasteiger partial charge is 0.394 e. The number of carbonyl (C=O) groups excluding carboxylic acids is 2. The maximum Gasteiger partial charge on any atom is 0.322 e. The van der Waals surface area contributed by atoms with Gasteiger partial charge >= 0.3 is 6.03 Å². The predicted molar refractivity (Wildman–Crippen MR) is 133 cm³/mol. The van der Waals surface area contributed by atoms with Crippen molar-refractivity contribution in [1.82, 2.24) is 10.2 Å². The highest BCUT2D eigenvalue weighted by Crippen LogP contribution is 2.42. The number of nitrogens with zero attached hydrogens (tertiary/aromatic N) is 2. The van der Waals surface area contributed by atoms with E-state index >= 15 is 0 Å². The minimum Gasteiger partial charge on any atom is -0.394 e. The number of fused-ring (bicyclic) bond motifs is 1. The van der Waals surface area contributed by atoms with Gasteiger partial charge in [0.2, 0.25) is 5.91 Å². The molecule has 3 N–H and O–H groups in total. The Morgan fingerprint density at radius 3 is 2.82 bits per heavy atom. The van der Waals surface area contributed by atoms with E-state index < -0.39 is 0 Å². The summed E-state index contributed by atoms with van der Waals surface area (Å²) in [7, 11) is 0. The molecule has 2 fully saturated rings. The summed E-state index contributed by atoms with van der Waals surface area (Å²) >= 11 is 0. The maximum absolute atomic E-state index is 12.8. The topological polar surface area (TPSA) is 94.0 Å². The number of aryl methyl sites for hydroxylation is 1. The van der Waals surface area contributed by atoms with Crippen LogP contribution in [-0.4, -0.2) is 47.0 Å². The van der Waals surface area contributed by atoms with Crippen LogP contribution in [0.2, 0.25) is 0 Å². The van der Waals surface area contributed by atoms with Crippen molar-refractivity contribution < 1.29 is 14.7 Å². The summed E-state index contributed by atoms with van der Waals surface area (Å²) in [4.78, 5) is 31.2. The van der Waals surface area contributed by atoms with Crippen molar-refractivity contribution in [3.05, 3.63) is 59.3 Å². The molecule has 0 aromatic heterocycles. The van der Waals surface area contributed by atoms with Gasteiger partial charge in [0, 0.05) is 36.2 Å². The van der Waals surface area contributed by atoms with Gasteiger partial charge in [-0.05, 0) is 73.1 Å². The number of aliphatic hydroxyl groups is 1. The third-order valence-corrected chi connectivity index (χ3v) is 7.36. The van der Waals surface area contributed by atoms with E-state index in [2.05, 4.69) is 47.7 Å². The minimum atomic E-state index is -0.216. The molecule has 4 aliphatic rings. The third kappa shape index (κ3) is 4.44. The van der Waals surface area contributed by atoms with Crippen molar-refractivity contribution >= 4 is 29.0 Å². The molecule has 1 unspecified atom stereocenters. The fourth-order valence-electron chi connectivity index (χ4n) is 4.97. The molecule has 7 heteroatoms. The zero-order valence-electron chi connectivity index (χ0n) is 19.8. The Kier molecular flexibility index (Phi) is 5.90. The molecule has 0 bridgehead atoms. The summed E-state index contributed by atoms with van der Waals surface area (Å²) in [5.74, 6) is 0.975. The molecule has 34 heavy (non-hydrogen) atoms. The number of rotatable bonds is 4. The van der Waals surface area contributed by atoms with Crippen molar-refractivity contribution in [2.75, 3.05) is 18.5 Å². The number of hydrogen-bond acceptors (Lipinski definition) is 4. The number of benzene rings is 1. The van der Waals surface area contributed by atoms with Crippen LogP contribution in [0.1, 0.15) is 50.2 Å². The van der Waals surface area contributed by atoms with Crippen molar-refractivity contribution in [2.45, 2.75) is 52.0 Å². The molecule has 2 atom stereocenters. The van der Waals surface area contributed by atoms with Crippen molar-refractivity contribution in [3.8, 4) is 0 Å². The Morgan fingerprint density at radius 2 is 2.06 bits per heavy atom. The van der Waals surface area contributed by atoms with Crippen LogP contribution in [-0.2, 0) is 4.79 Å². The highest BCUT2D eigenvalue weighted by atomic mass is 16.3. The highest BCUT2D eigenvalue weighted by Gasteiger charge is 2.35. The predicted octanol–water partition coefficient (Wildman–Crippen LogP) is 4.16. The van der Waals surface area contributed by atoms with E-state index in [1.165, 1.54) is 0 Å². The Hall–Kier alpha value is -3.19. The number of anilines is 1. The van der Waals surface area contributed by atoms with Gasteiger partial charge in [0.1, 0.15) is 5.84 Å². The number of likely N-dealkylation sites (tertiary alicyclic amines) is 1. The molecule has 2 aliphatic heterocycles. The van der Waals surface area contributed by atoms with Gasteiger partial charge in [-0.25, -0.2) is 9.79 Å². The van der Waals surface area contributed by atoms with Crippen LogP contribution < -0.4 is 10.6 Å². The number of aliphatic hydroxyl groups excluding tert-OH is 1. The number of amides is 3. The molecule has 2 heterocycles. The first-order valence-electron chi connectivity index (χ1n) is 12.1. The van der Waals surface area contributed by atoms with Gasteiger partial charge in [-0.3, -0.25) is 4.79 Å². The Balaban J connectivity index is 1.35. The highest BCUT2D eigenvalue weighted by molar-refractivity contribution is 6.01. The van der Waals surface area contributed by atoms with Crippen LogP contribution in [0.25, 0.3) is 5.57 Å². The number of nitrogens with one attached hydrogen (secondary N) is 2. The lowest BCUT2D eigenvalue weighted by atomic mass is 9.73. The lowest BCUT2D eigenvalue weighted by Gasteiger charge is -2.34. The van der Waals surface area contributed by atoms with E-state index in [1.807, 2.05) is 24.4 Å². The van der Waals surface area contributed by atoms with Gasteiger partial charge in [-0.2, -0.15) is 0 Å². The number of carbonyl (C=O) groups is 2. The van der Waals surface area contributed by atoms with Crippen LogP contribution in [0.3, 0.4) is 0 Å². The van der Waals surface area contributed by atoms with Crippen LogP contribution in [0, 0.1) is 18.3 Å². The van der Waals surface area contributed by atoms with Gasteiger partial charge in [0.15, 0.2) is 0 Å². The fraction of sp³-hybridized carbons (Fsp3) is 0.444. The van der Waals surface area contributed by atoms with Crippen molar-refractivity contribution in [3.63, 3.8) is 0 Å². The smallest absolute Gasteiger partial charge is 0.322 e. The second kappa shape index (κ2) is 8.87. The Morgan fingerprint density at radius 1 is 1.24 bits per heavy atom. The second-order valence-corrected chi connectivity index (χ2v) is 10.1. The molecular formula is C27H32N4O3. The Bertz CT molecular complexity index is 1140. The summed E-state index contributed by atoms with van der Waals surface area (Å²) in [6, 6.07) is 5.66. The molecular weight excluding hydrogens is 428 g/mol. The molecule has 1 aromatic rings. The maximum atomic E-state index is 12.8. The first kappa shape index (κ1) is 22.6. The number of urea groups is 1. The quantitative estimate of drug-likeness (QED) is 0.630. The average Bonchev–Trinajstić information content (AvgIpc) is 3.56. The molecule has 5 rings (SSSR count). The van der Waals surface area contributed by atoms with E-state index in [0.29, 0.717) is 13.0 Å². The molecule has 178 valence electrons. The van der Waals surface area contributed by atoms with E-state index in [1.54, 1.807) is 4.90 Å². The molecule has 3 amide bonds. The van der Waals surface area contributed by atoms with Gasteiger partial charge in [0.25, 0.3) is 0 Å². The monoisotopic (exact) mass is 460 g/mol. The normalized spacial score (nSPS) is 25.8. The van der Waals surface area contributed by atoms with E-state index in [9.17, 15) is 14.7 Å². The SMILES string of the molecule is Cc1ccc(NC(=O)N2CCC[C@@H]2CO)cc1C1=CC2=CN=C(NC(=O)C3CC3)CC2(C)C=C1. The molecule has 2 aliphatic carbocycles. The van der Waals surface area contributed by atoms with Gasteiger partial charge < -0.3 is 20.6 Å². The van der Waals surface area contributed by atoms with Gasteiger partial charge in [-0.1, -0.05) is 25.1 Å². The lowest BCUT2D eigenvalue weighted by molar-refractivity contribution is -0.120. The molecule has 1 aromatic carbocycles. The molecule has 1 saturated carbocycles. The van der Waals surface area contributed by atoms with Crippen LogP contribution in [0.4, 0.5) is 10.5 Å². The van der Waals surface area contributed by atoms with Crippen LogP contribution in [0.5, 0.6) is 0 Å².